The van der Waals surface area contributed by atoms with Crippen molar-refractivity contribution in [1.29, 1.82) is 0 Å². The van der Waals surface area contributed by atoms with Crippen molar-refractivity contribution in [2.24, 2.45) is 0 Å². The van der Waals surface area contributed by atoms with Crippen LogP contribution < -0.4 is 10.9 Å². The van der Waals surface area contributed by atoms with Gasteiger partial charge in [0.1, 0.15) is 5.69 Å². The summed E-state index contributed by atoms with van der Waals surface area (Å²) in [6.45, 7) is 5.87. The van der Waals surface area contributed by atoms with Crippen molar-refractivity contribution in [2.45, 2.75) is 32.4 Å². The number of rotatable bonds is 5. The van der Waals surface area contributed by atoms with Crippen molar-refractivity contribution < 1.29 is 0 Å². The van der Waals surface area contributed by atoms with Gasteiger partial charge in [0.25, 0.3) is 5.56 Å². The molecule has 2 heterocycles. The van der Waals surface area contributed by atoms with E-state index >= 15 is 0 Å². The van der Waals surface area contributed by atoms with Crippen LogP contribution in [-0.4, -0.2) is 40.5 Å². The average Bonchev–Trinajstić information content (AvgIpc) is 3.01. The van der Waals surface area contributed by atoms with Gasteiger partial charge in [-0.15, -0.1) is 0 Å². The van der Waals surface area contributed by atoms with E-state index in [0.717, 1.165) is 43.5 Å². The van der Waals surface area contributed by atoms with Crippen LogP contribution in [-0.2, 0) is 6.54 Å². The molecule has 1 atom stereocenters. The van der Waals surface area contributed by atoms with Gasteiger partial charge in [-0.05, 0) is 38.1 Å². The van der Waals surface area contributed by atoms with Gasteiger partial charge in [-0.2, -0.15) is 0 Å². The Morgan fingerprint density at radius 1 is 1.38 bits per heavy atom. The van der Waals surface area contributed by atoms with Crippen molar-refractivity contribution >= 4 is 11.0 Å². The third kappa shape index (κ3) is 3.14. The molecule has 2 aromatic rings. The number of benzene rings is 1. The third-order valence-electron chi connectivity index (χ3n) is 4.08. The van der Waals surface area contributed by atoms with E-state index in [-0.39, 0.29) is 5.56 Å². The van der Waals surface area contributed by atoms with Crippen molar-refractivity contribution in [2.75, 3.05) is 19.6 Å². The van der Waals surface area contributed by atoms with Crippen LogP contribution in [0.4, 0.5) is 0 Å². The SMILES string of the molecule is CCCN(Cc1nc2ccccc2[nH]c1=O)C1CCNC1. The molecule has 21 heavy (non-hydrogen) atoms. The van der Waals surface area contributed by atoms with Gasteiger partial charge in [-0.1, -0.05) is 19.1 Å². The number of hydrogen-bond donors (Lipinski definition) is 2. The smallest absolute Gasteiger partial charge is 0.271 e. The molecule has 5 nitrogen and oxygen atoms in total. The highest BCUT2D eigenvalue weighted by molar-refractivity contribution is 5.73. The van der Waals surface area contributed by atoms with E-state index in [0.29, 0.717) is 18.3 Å². The van der Waals surface area contributed by atoms with E-state index in [2.05, 4.69) is 27.1 Å². The molecule has 1 saturated heterocycles. The molecule has 2 N–H and O–H groups in total. The van der Waals surface area contributed by atoms with Crippen LogP contribution in [0, 0.1) is 0 Å². The van der Waals surface area contributed by atoms with E-state index in [9.17, 15) is 4.79 Å². The Morgan fingerprint density at radius 3 is 3.00 bits per heavy atom. The summed E-state index contributed by atoms with van der Waals surface area (Å²) in [4.78, 5) is 22.1. The first-order valence-corrected chi connectivity index (χ1v) is 7.70. The van der Waals surface area contributed by atoms with Gasteiger partial charge in [0.2, 0.25) is 0 Å². The Hall–Kier alpha value is -1.72. The lowest BCUT2D eigenvalue weighted by Gasteiger charge is -2.27. The van der Waals surface area contributed by atoms with Crippen LogP contribution in [0.2, 0.25) is 0 Å². The molecule has 1 aromatic carbocycles. The summed E-state index contributed by atoms with van der Waals surface area (Å²) in [7, 11) is 0. The number of nitrogens with zero attached hydrogens (tertiary/aromatic N) is 2. The second-order valence-electron chi connectivity index (χ2n) is 5.65. The maximum atomic E-state index is 12.2. The molecule has 1 fully saturated rings. The lowest BCUT2D eigenvalue weighted by Crippen LogP contribution is -2.38. The highest BCUT2D eigenvalue weighted by Gasteiger charge is 2.23. The van der Waals surface area contributed by atoms with Crippen LogP contribution in [0.5, 0.6) is 0 Å². The lowest BCUT2D eigenvalue weighted by molar-refractivity contribution is 0.196. The first kappa shape index (κ1) is 14.2. The fourth-order valence-electron chi connectivity index (χ4n) is 3.00. The summed E-state index contributed by atoms with van der Waals surface area (Å²) in [5.41, 5.74) is 2.21. The van der Waals surface area contributed by atoms with E-state index in [4.69, 9.17) is 0 Å². The maximum Gasteiger partial charge on any atom is 0.271 e. The standard InChI is InChI=1S/C16H22N4O/c1-2-9-20(12-7-8-17-10-12)11-15-16(21)19-14-6-4-3-5-13(14)18-15/h3-6,12,17H,2,7-11H2,1H3,(H,19,21). The second-order valence-corrected chi connectivity index (χ2v) is 5.65. The van der Waals surface area contributed by atoms with Crippen LogP contribution in [0.3, 0.4) is 0 Å². The predicted octanol–water partition coefficient (Wildman–Crippen LogP) is 1.50. The molecule has 3 rings (SSSR count). The maximum absolute atomic E-state index is 12.2. The molecule has 1 aromatic heterocycles. The topological polar surface area (TPSA) is 61.0 Å². The van der Waals surface area contributed by atoms with Crippen LogP contribution >= 0.6 is 0 Å². The van der Waals surface area contributed by atoms with E-state index in [1.165, 1.54) is 0 Å². The highest BCUT2D eigenvalue weighted by atomic mass is 16.1. The van der Waals surface area contributed by atoms with Gasteiger partial charge >= 0.3 is 0 Å². The molecule has 0 bridgehead atoms. The van der Waals surface area contributed by atoms with Crippen LogP contribution in [0.15, 0.2) is 29.1 Å². The van der Waals surface area contributed by atoms with Gasteiger partial charge in [0.15, 0.2) is 0 Å². The zero-order valence-corrected chi connectivity index (χ0v) is 12.4. The molecule has 1 aliphatic rings. The molecule has 0 radical (unpaired) electrons. The van der Waals surface area contributed by atoms with Crippen molar-refractivity contribution in [3.05, 3.63) is 40.3 Å². The minimum absolute atomic E-state index is 0.0687. The largest absolute Gasteiger partial charge is 0.319 e. The fraction of sp³-hybridized carbons (Fsp3) is 0.500. The normalized spacial score (nSPS) is 18.7. The average molecular weight is 286 g/mol. The highest BCUT2D eigenvalue weighted by Crippen LogP contribution is 2.13. The monoisotopic (exact) mass is 286 g/mol. The first-order valence-electron chi connectivity index (χ1n) is 7.70. The van der Waals surface area contributed by atoms with Gasteiger partial charge in [-0.25, -0.2) is 4.98 Å². The van der Waals surface area contributed by atoms with Crippen LogP contribution in [0.25, 0.3) is 11.0 Å². The molecule has 0 spiro atoms. The van der Waals surface area contributed by atoms with Crippen molar-refractivity contribution in [3.8, 4) is 0 Å². The summed E-state index contributed by atoms with van der Waals surface area (Å²) < 4.78 is 0. The lowest BCUT2D eigenvalue weighted by atomic mass is 10.2. The van der Waals surface area contributed by atoms with Gasteiger partial charge < -0.3 is 10.3 Å². The van der Waals surface area contributed by atoms with Gasteiger partial charge in [0, 0.05) is 19.1 Å². The molecule has 0 saturated carbocycles. The number of aromatic nitrogens is 2. The Labute approximate surface area is 124 Å². The minimum Gasteiger partial charge on any atom is -0.319 e. The van der Waals surface area contributed by atoms with E-state index in [1.54, 1.807) is 0 Å². The molecule has 1 aliphatic heterocycles. The number of fused-ring (bicyclic) bond motifs is 1. The number of hydrogen-bond acceptors (Lipinski definition) is 4. The summed E-state index contributed by atoms with van der Waals surface area (Å²) in [5.74, 6) is 0. The minimum atomic E-state index is -0.0687. The predicted molar refractivity (Wildman–Crippen MR) is 84.3 cm³/mol. The first-order chi connectivity index (χ1) is 10.3. The Bertz CT molecular complexity index is 661. The molecule has 0 aliphatic carbocycles. The molecule has 5 heteroatoms. The number of nitrogens with one attached hydrogen (secondary N) is 2. The Morgan fingerprint density at radius 2 is 2.24 bits per heavy atom. The second kappa shape index (κ2) is 6.37. The molecular formula is C16H22N4O. The Kier molecular flexibility index (Phi) is 4.31. The van der Waals surface area contributed by atoms with E-state index < -0.39 is 0 Å². The summed E-state index contributed by atoms with van der Waals surface area (Å²) in [6, 6.07) is 8.20. The molecule has 1 unspecified atom stereocenters. The van der Waals surface area contributed by atoms with Gasteiger partial charge in [-0.3, -0.25) is 9.69 Å². The third-order valence-corrected chi connectivity index (χ3v) is 4.08. The zero-order valence-electron chi connectivity index (χ0n) is 12.4. The van der Waals surface area contributed by atoms with E-state index in [1.807, 2.05) is 24.3 Å². The Balaban J connectivity index is 1.87. The zero-order chi connectivity index (χ0) is 14.7. The van der Waals surface area contributed by atoms with Gasteiger partial charge in [0.05, 0.1) is 11.0 Å². The number of para-hydroxylation sites is 2. The quantitative estimate of drug-likeness (QED) is 0.874. The van der Waals surface area contributed by atoms with Crippen molar-refractivity contribution in [3.63, 3.8) is 0 Å². The summed E-state index contributed by atoms with van der Waals surface area (Å²) >= 11 is 0. The fourth-order valence-corrected chi connectivity index (χ4v) is 3.00. The van der Waals surface area contributed by atoms with Crippen LogP contribution in [0.1, 0.15) is 25.5 Å². The summed E-state index contributed by atoms with van der Waals surface area (Å²) in [6.07, 6.45) is 2.23. The van der Waals surface area contributed by atoms with Crippen molar-refractivity contribution in [1.82, 2.24) is 20.2 Å². The molecule has 0 amide bonds. The number of H-pyrrole nitrogens is 1. The number of aromatic amines is 1. The summed E-state index contributed by atoms with van der Waals surface area (Å²) in [5, 5.41) is 3.39. The molecule has 112 valence electrons. The molecular weight excluding hydrogens is 264 g/mol.